The quantitative estimate of drug-likeness (QED) is 0.355. The van der Waals surface area contributed by atoms with Gasteiger partial charge in [-0.3, -0.25) is 4.79 Å². The van der Waals surface area contributed by atoms with Crippen molar-refractivity contribution in [3.63, 3.8) is 0 Å². The van der Waals surface area contributed by atoms with E-state index in [0.717, 1.165) is 43.9 Å². The van der Waals surface area contributed by atoms with Crippen LogP contribution in [0.4, 0.5) is 0 Å². The first-order chi connectivity index (χ1) is 16.1. The lowest BCUT2D eigenvalue weighted by atomic mass is 9.75. The third-order valence-electron chi connectivity index (χ3n) is 6.75. The molecule has 0 amide bonds. The Hall–Kier alpha value is -3.37. The third-order valence-corrected chi connectivity index (χ3v) is 6.75. The maximum absolute atomic E-state index is 12.6. The number of benzene rings is 3. The van der Waals surface area contributed by atoms with Crippen LogP contribution >= 0.6 is 0 Å². The summed E-state index contributed by atoms with van der Waals surface area (Å²) < 4.78 is 11.4. The highest BCUT2D eigenvalue weighted by molar-refractivity contribution is 5.81. The second-order valence-electron chi connectivity index (χ2n) is 9.25. The van der Waals surface area contributed by atoms with Crippen LogP contribution < -0.4 is 10.1 Å². The summed E-state index contributed by atoms with van der Waals surface area (Å²) >= 11 is 0. The van der Waals surface area contributed by atoms with Gasteiger partial charge in [0.05, 0.1) is 12.0 Å². The van der Waals surface area contributed by atoms with Gasteiger partial charge in [-0.25, -0.2) is 0 Å². The van der Waals surface area contributed by atoms with Gasteiger partial charge in [-0.15, -0.1) is 0 Å². The minimum Gasteiger partial charge on any atom is -0.465 e. The van der Waals surface area contributed by atoms with Crippen molar-refractivity contribution in [2.45, 2.75) is 32.4 Å². The average molecular weight is 440 g/mol. The van der Waals surface area contributed by atoms with Crippen molar-refractivity contribution < 1.29 is 14.3 Å². The highest BCUT2D eigenvalue weighted by Gasteiger charge is 2.55. The SMILES string of the molecule is C=C1CC2COC(=O)C2(Cc2cccc(CNCc3cccc(Oc4ccccc4)c3)c2)C1. The van der Waals surface area contributed by atoms with E-state index in [2.05, 4.69) is 48.3 Å². The summed E-state index contributed by atoms with van der Waals surface area (Å²) in [6.45, 7) is 6.18. The highest BCUT2D eigenvalue weighted by atomic mass is 16.5. The van der Waals surface area contributed by atoms with Gasteiger partial charge in [0.1, 0.15) is 11.5 Å². The van der Waals surface area contributed by atoms with E-state index in [1.54, 1.807) is 0 Å². The Morgan fingerprint density at radius 3 is 2.42 bits per heavy atom. The molecule has 1 heterocycles. The van der Waals surface area contributed by atoms with Crippen LogP contribution in [0.2, 0.25) is 0 Å². The fraction of sp³-hybridized carbons (Fsp3) is 0.276. The molecular formula is C29H29NO3. The van der Waals surface area contributed by atoms with Crippen LogP contribution in [0.3, 0.4) is 0 Å². The Bertz CT molecular complexity index is 1160. The first-order valence-electron chi connectivity index (χ1n) is 11.5. The molecule has 1 aliphatic heterocycles. The lowest BCUT2D eigenvalue weighted by Gasteiger charge is -2.24. The number of cyclic esters (lactones) is 1. The first kappa shape index (κ1) is 21.5. The molecule has 2 unspecified atom stereocenters. The number of nitrogens with one attached hydrogen (secondary N) is 1. The molecule has 1 saturated heterocycles. The molecule has 1 saturated carbocycles. The smallest absolute Gasteiger partial charge is 0.313 e. The maximum Gasteiger partial charge on any atom is 0.313 e. The Labute approximate surface area is 195 Å². The summed E-state index contributed by atoms with van der Waals surface area (Å²) in [5.41, 5.74) is 4.32. The zero-order valence-electron chi connectivity index (χ0n) is 18.8. The summed E-state index contributed by atoms with van der Waals surface area (Å²) in [5.74, 6) is 1.88. The van der Waals surface area contributed by atoms with Crippen molar-refractivity contribution in [2.24, 2.45) is 11.3 Å². The van der Waals surface area contributed by atoms with Crippen molar-refractivity contribution in [3.8, 4) is 11.5 Å². The van der Waals surface area contributed by atoms with Crippen molar-refractivity contribution in [1.29, 1.82) is 0 Å². The summed E-state index contributed by atoms with van der Waals surface area (Å²) in [6, 6.07) is 26.5. The van der Waals surface area contributed by atoms with Gasteiger partial charge in [0.15, 0.2) is 0 Å². The monoisotopic (exact) mass is 439 g/mol. The van der Waals surface area contributed by atoms with Crippen LogP contribution in [0.25, 0.3) is 0 Å². The number of rotatable bonds is 8. The van der Waals surface area contributed by atoms with Crippen LogP contribution in [0.15, 0.2) is 91.0 Å². The molecule has 1 N–H and O–H groups in total. The van der Waals surface area contributed by atoms with E-state index in [-0.39, 0.29) is 11.9 Å². The van der Waals surface area contributed by atoms with Crippen LogP contribution in [-0.2, 0) is 29.0 Å². The van der Waals surface area contributed by atoms with Crippen molar-refractivity contribution in [2.75, 3.05) is 6.61 Å². The molecule has 3 aromatic carbocycles. The first-order valence-corrected chi connectivity index (χ1v) is 11.5. The largest absolute Gasteiger partial charge is 0.465 e. The molecule has 2 atom stereocenters. The van der Waals surface area contributed by atoms with E-state index in [9.17, 15) is 4.79 Å². The number of hydrogen-bond donors (Lipinski definition) is 1. The van der Waals surface area contributed by atoms with Gasteiger partial charge < -0.3 is 14.8 Å². The number of carbonyl (C=O) groups is 1. The van der Waals surface area contributed by atoms with E-state index >= 15 is 0 Å². The van der Waals surface area contributed by atoms with Crippen LogP contribution in [0.5, 0.6) is 11.5 Å². The Morgan fingerprint density at radius 1 is 0.909 bits per heavy atom. The van der Waals surface area contributed by atoms with Gasteiger partial charge in [-0.05, 0) is 60.2 Å². The highest BCUT2D eigenvalue weighted by Crippen LogP contribution is 2.52. The zero-order chi connectivity index (χ0) is 22.7. The van der Waals surface area contributed by atoms with Gasteiger partial charge in [-0.2, -0.15) is 0 Å². The number of allylic oxidation sites excluding steroid dienone is 1. The summed E-state index contributed by atoms with van der Waals surface area (Å²) in [4.78, 5) is 12.6. The molecule has 0 radical (unpaired) electrons. The fourth-order valence-electron chi connectivity index (χ4n) is 5.17. The summed E-state index contributed by atoms with van der Waals surface area (Å²) in [5, 5.41) is 3.53. The molecule has 2 fully saturated rings. The minimum absolute atomic E-state index is 0.0488. The molecule has 4 heteroatoms. The zero-order valence-corrected chi connectivity index (χ0v) is 18.8. The molecule has 168 valence electrons. The predicted molar refractivity (Wildman–Crippen MR) is 129 cm³/mol. The number of esters is 1. The van der Waals surface area contributed by atoms with E-state index in [1.165, 1.54) is 22.3 Å². The number of para-hydroxylation sites is 1. The Kier molecular flexibility index (Phi) is 6.01. The fourth-order valence-corrected chi connectivity index (χ4v) is 5.17. The number of fused-ring (bicyclic) bond motifs is 1. The van der Waals surface area contributed by atoms with Crippen LogP contribution in [0.1, 0.15) is 29.5 Å². The van der Waals surface area contributed by atoms with E-state index in [0.29, 0.717) is 6.61 Å². The average Bonchev–Trinajstić information content (AvgIpc) is 3.28. The summed E-state index contributed by atoms with van der Waals surface area (Å²) in [7, 11) is 0. The molecule has 0 aromatic heterocycles. The molecular weight excluding hydrogens is 410 g/mol. The van der Waals surface area contributed by atoms with Gasteiger partial charge in [0.25, 0.3) is 0 Å². The molecule has 4 nitrogen and oxygen atoms in total. The van der Waals surface area contributed by atoms with Gasteiger partial charge in [0, 0.05) is 19.0 Å². The molecule has 33 heavy (non-hydrogen) atoms. The van der Waals surface area contributed by atoms with E-state index < -0.39 is 5.41 Å². The topological polar surface area (TPSA) is 47.6 Å². The van der Waals surface area contributed by atoms with Crippen LogP contribution in [0, 0.1) is 11.3 Å². The minimum atomic E-state index is -0.414. The van der Waals surface area contributed by atoms with Gasteiger partial charge >= 0.3 is 5.97 Å². The van der Waals surface area contributed by atoms with Crippen molar-refractivity contribution in [1.82, 2.24) is 5.32 Å². The molecule has 5 rings (SSSR count). The molecule has 0 spiro atoms. The normalized spacial score (nSPS) is 21.6. The molecule has 0 bridgehead atoms. The third kappa shape index (κ3) is 4.71. The van der Waals surface area contributed by atoms with Crippen molar-refractivity contribution >= 4 is 5.97 Å². The molecule has 1 aliphatic carbocycles. The second-order valence-corrected chi connectivity index (χ2v) is 9.25. The molecule has 3 aromatic rings. The lowest BCUT2D eigenvalue weighted by Crippen LogP contribution is -2.31. The van der Waals surface area contributed by atoms with Crippen molar-refractivity contribution in [3.05, 3.63) is 108 Å². The Morgan fingerprint density at radius 2 is 1.61 bits per heavy atom. The standard InChI is InChI=1S/C29H29NO3/c1-21-13-25-20-32-28(31)29(25,16-21)17-22-7-5-8-23(14-22)18-30-19-24-9-6-12-27(15-24)33-26-10-3-2-4-11-26/h2-12,14-15,25,30H,1,13,16-20H2. The predicted octanol–water partition coefficient (Wildman–Crippen LogP) is 5.82. The summed E-state index contributed by atoms with van der Waals surface area (Å²) in [6.07, 6.45) is 2.38. The lowest BCUT2D eigenvalue weighted by molar-refractivity contribution is -0.146. The van der Waals surface area contributed by atoms with E-state index in [4.69, 9.17) is 9.47 Å². The Balaban J connectivity index is 1.20. The number of carbonyl (C=O) groups excluding carboxylic acids is 1. The number of hydrogen-bond acceptors (Lipinski definition) is 4. The van der Waals surface area contributed by atoms with Gasteiger partial charge in [0.2, 0.25) is 0 Å². The van der Waals surface area contributed by atoms with E-state index in [1.807, 2.05) is 42.5 Å². The number of ether oxygens (including phenoxy) is 2. The van der Waals surface area contributed by atoms with Gasteiger partial charge in [-0.1, -0.05) is 66.7 Å². The maximum atomic E-state index is 12.6. The van der Waals surface area contributed by atoms with Crippen LogP contribution in [-0.4, -0.2) is 12.6 Å². The second kappa shape index (κ2) is 9.24. The molecule has 2 aliphatic rings.